The van der Waals surface area contributed by atoms with E-state index >= 15 is 0 Å². The standard InChI is InChI=1S/C30H48N2O4/c1-6-30(4,7-2)31(5)27(34)24-14-10-20(16-22(24)18-33)21-11-15-25-26(17-21)29(36)32(28(25)35)23-12-8-19(3)9-13-23/h18-26H,6-17H2,1-5H3. The molecule has 0 aromatic carbocycles. The van der Waals surface area contributed by atoms with E-state index < -0.39 is 0 Å². The first-order valence-corrected chi connectivity index (χ1v) is 14.7. The maximum Gasteiger partial charge on any atom is 0.233 e. The van der Waals surface area contributed by atoms with Crippen LogP contribution in [0.15, 0.2) is 0 Å². The summed E-state index contributed by atoms with van der Waals surface area (Å²) in [7, 11) is 1.89. The molecule has 4 aliphatic rings. The van der Waals surface area contributed by atoms with Crippen LogP contribution in [-0.4, -0.2) is 52.4 Å². The zero-order valence-corrected chi connectivity index (χ0v) is 23.2. The zero-order valence-electron chi connectivity index (χ0n) is 23.2. The Kier molecular flexibility index (Phi) is 8.31. The van der Waals surface area contributed by atoms with Gasteiger partial charge in [-0.15, -0.1) is 0 Å². The second-order valence-corrected chi connectivity index (χ2v) is 12.8. The molecule has 4 fully saturated rings. The summed E-state index contributed by atoms with van der Waals surface area (Å²) in [4.78, 5) is 55.8. The maximum absolute atomic E-state index is 13.4. The van der Waals surface area contributed by atoms with Gasteiger partial charge >= 0.3 is 0 Å². The van der Waals surface area contributed by atoms with Crippen LogP contribution in [0.2, 0.25) is 0 Å². The number of imide groups is 1. The smallest absolute Gasteiger partial charge is 0.233 e. The lowest BCUT2D eigenvalue weighted by Crippen LogP contribution is -2.51. The van der Waals surface area contributed by atoms with Crippen molar-refractivity contribution in [3.05, 3.63) is 0 Å². The molecule has 3 saturated carbocycles. The minimum absolute atomic E-state index is 0.0742. The number of likely N-dealkylation sites (tertiary alicyclic amines) is 1. The third-order valence-electron chi connectivity index (χ3n) is 11.1. The Balaban J connectivity index is 1.39. The van der Waals surface area contributed by atoms with E-state index in [-0.39, 0.29) is 53.0 Å². The number of carbonyl (C=O) groups is 4. The van der Waals surface area contributed by atoms with Gasteiger partial charge in [-0.1, -0.05) is 20.8 Å². The number of hydrogen-bond acceptors (Lipinski definition) is 4. The molecule has 36 heavy (non-hydrogen) atoms. The topological polar surface area (TPSA) is 74.8 Å². The number of fused-ring (bicyclic) bond motifs is 1. The number of amides is 3. The largest absolute Gasteiger partial charge is 0.340 e. The molecule has 0 spiro atoms. The van der Waals surface area contributed by atoms with Crippen LogP contribution in [0.25, 0.3) is 0 Å². The number of carbonyl (C=O) groups excluding carboxylic acids is 4. The van der Waals surface area contributed by atoms with E-state index in [1.807, 2.05) is 11.9 Å². The Morgan fingerprint density at radius 3 is 2.11 bits per heavy atom. The first-order chi connectivity index (χ1) is 17.1. The molecular weight excluding hydrogens is 452 g/mol. The molecule has 3 amide bonds. The Bertz CT molecular complexity index is 844. The van der Waals surface area contributed by atoms with Crippen molar-refractivity contribution in [1.82, 2.24) is 9.80 Å². The highest BCUT2D eigenvalue weighted by Crippen LogP contribution is 2.49. The average Bonchev–Trinajstić information content (AvgIpc) is 3.16. The average molecular weight is 501 g/mol. The second-order valence-electron chi connectivity index (χ2n) is 12.8. The van der Waals surface area contributed by atoms with Gasteiger partial charge in [-0.2, -0.15) is 0 Å². The van der Waals surface area contributed by atoms with E-state index in [0.717, 1.165) is 83.3 Å². The predicted molar refractivity (Wildman–Crippen MR) is 140 cm³/mol. The summed E-state index contributed by atoms with van der Waals surface area (Å²) >= 11 is 0. The van der Waals surface area contributed by atoms with Gasteiger partial charge in [-0.3, -0.25) is 19.3 Å². The molecule has 6 unspecified atom stereocenters. The van der Waals surface area contributed by atoms with Gasteiger partial charge in [-0.25, -0.2) is 0 Å². The third-order valence-corrected chi connectivity index (χ3v) is 11.1. The molecule has 6 nitrogen and oxygen atoms in total. The fourth-order valence-electron chi connectivity index (χ4n) is 7.89. The van der Waals surface area contributed by atoms with Crippen LogP contribution in [0.4, 0.5) is 0 Å². The molecule has 3 aliphatic carbocycles. The predicted octanol–water partition coefficient (Wildman–Crippen LogP) is 5.23. The minimum Gasteiger partial charge on any atom is -0.340 e. The summed E-state index contributed by atoms with van der Waals surface area (Å²) in [5.74, 6) is 0.862. The molecule has 0 aromatic rings. The van der Waals surface area contributed by atoms with Crippen molar-refractivity contribution >= 4 is 24.0 Å². The molecular formula is C30H48N2O4. The summed E-state index contributed by atoms with van der Waals surface area (Å²) in [6.45, 7) is 8.61. The SMILES string of the molecule is CCC(C)(CC)N(C)C(=O)C1CCC(C2CCC3C(=O)N(C4CCC(C)CC4)C(=O)C3C2)CC1C=O. The van der Waals surface area contributed by atoms with Gasteiger partial charge in [-0.05, 0) is 102 Å². The van der Waals surface area contributed by atoms with Gasteiger partial charge in [0, 0.05) is 30.5 Å². The van der Waals surface area contributed by atoms with Gasteiger partial charge in [0.15, 0.2) is 0 Å². The van der Waals surface area contributed by atoms with E-state index in [0.29, 0.717) is 17.8 Å². The van der Waals surface area contributed by atoms with E-state index in [1.54, 1.807) is 4.90 Å². The zero-order chi connectivity index (χ0) is 26.2. The quantitative estimate of drug-likeness (QED) is 0.354. The van der Waals surface area contributed by atoms with Crippen molar-refractivity contribution in [2.45, 2.75) is 116 Å². The molecule has 0 N–H and O–H groups in total. The maximum atomic E-state index is 13.4. The lowest BCUT2D eigenvalue weighted by Gasteiger charge is -2.44. The molecule has 0 aromatic heterocycles. The van der Waals surface area contributed by atoms with Crippen molar-refractivity contribution in [2.24, 2.45) is 41.4 Å². The van der Waals surface area contributed by atoms with E-state index in [9.17, 15) is 19.2 Å². The van der Waals surface area contributed by atoms with Crippen molar-refractivity contribution < 1.29 is 19.2 Å². The minimum atomic E-state index is -0.254. The Labute approximate surface area is 217 Å². The molecule has 1 aliphatic heterocycles. The van der Waals surface area contributed by atoms with E-state index in [1.165, 1.54) is 0 Å². The van der Waals surface area contributed by atoms with E-state index in [2.05, 4.69) is 27.7 Å². The van der Waals surface area contributed by atoms with Gasteiger partial charge in [0.2, 0.25) is 17.7 Å². The van der Waals surface area contributed by atoms with Crippen molar-refractivity contribution in [3.8, 4) is 0 Å². The van der Waals surface area contributed by atoms with Crippen LogP contribution in [0.1, 0.15) is 105 Å². The summed E-state index contributed by atoms with van der Waals surface area (Å²) < 4.78 is 0. The van der Waals surface area contributed by atoms with Crippen LogP contribution in [0, 0.1) is 41.4 Å². The summed E-state index contributed by atoms with van der Waals surface area (Å²) in [5.41, 5.74) is -0.183. The molecule has 1 heterocycles. The fourth-order valence-corrected chi connectivity index (χ4v) is 7.89. The molecule has 1 saturated heterocycles. The van der Waals surface area contributed by atoms with E-state index in [4.69, 9.17) is 0 Å². The molecule has 6 atom stereocenters. The molecule has 0 radical (unpaired) electrons. The molecule has 0 bridgehead atoms. The monoisotopic (exact) mass is 500 g/mol. The second kappa shape index (κ2) is 10.9. The molecule has 6 heteroatoms. The van der Waals surface area contributed by atoms with Crippen LogP contribution in [0.3, 0.4) is 0 Å². The van der Waals surface area contributed by atoms with Crippen LogP contribution in [0.5, 0.6) is 0 Å². The first kappa shape index (κ1) is 27.3. The Morgan fingerprint density at radius 1 is 0.917 bits per heavy atom. The molecule has 202 valence electrons. The number of rotatable bonds is 7. The van der Waals surface area contributed by atoms with Gasteiger partial charge in [0.25, 0.3) is 0 Å². The summed E-state index contributed by atoms with van der Waals surface area (Å²) in [6.07, 6.45) is 11.8. The van der Waals surface area contributed by atoms with Gasteiger partial charge in [0.1, 0.15) is 6.29 Å². The lowest BCUT2D eigenvalue weighted by atomic mass is 9.64. The fraction of sp³-hybridized carbons (Fsp3) is 0.867. The normalized spacial score (nSPS) is 37.5. The lowest BCUT2D eigenvalue weighted by molar-refractivity contribution is -0.145. The Hall–Kier alpha value is -1.72. The first-order valence-electron chi connectivity index (χ1n) is 14.7. The highest BCUT2D eigenvalue weighted by Gasteiger charge is 2.53. The summed E-state index contributed by atoms with van der Waals surface area (Å²) in [6, 6.07) is 0.0973. The van der Waals surface area contributed by atoms with Gasteiger partial charge in [0.05, 0.1) is 11.8 Å². The van der Waals surface area contributed by atoms with Crippen LogP contribution >= 0.6 is 0 Å². The highest BCUT2D eigenvalue weighted by atomic mass is 16.2. The third kappa shape index (κ3) is 4.90. The number of aldehydes is 1. The van der Waals surface area contributed by atoms with Crippen LogP contribution in [-0.2, 0) is 19.2 Å². The van der Waals surface area contributed by atoms with Gasteiger partial charge < -0.3 is 9.69 Å². The van der Waals surface area contributed by atoms with Crippen molar-refractivity contribution in [1.29, 1.82) is 0 Å². The van der Waals surface area contributed by atoms with Crippen molar-refractivity contribution in [3.63, 3.8) is 0 Å². The van der Waals surface area contributed by atoms with Crippen LogP contribution < -0.4 is 0 Å². The molecule has 4 rings (SSSR count). The Morgan fingerprint density at radius 2 is 1.50 bits per heavy atom. The highest BCUT2D eigenvalue weighted by molar-refractivity contribution is 6.05. The van der Waals surface area contributed by atoms with Crippen molar-refractivity contribution in [2.75, 3.05) is 7.05 Å². The number of hydrogen-bond donors (Lipinski definition) is 0. The summed E-state index contributed by atoms with van der Waals surface area (Å²) in [5, 5.41) is 0. The number of nitrogens with zero attached hydrogens (tertiary/aromatic N) is 2.